The minimum atomic E-state index is -0.586. The SMILES string of the molecule is CC1(C)c2cc(C3(c4ccccc4)c4ccccc4-c4ccccc43)ccc2-c2c(-c3nc(-c4ccccc4)nc(-c4ccccc4)n3)cccc21.c1ccc(-c2cccc(C3(c4ccc5c(c4)oc4cccc(-c6nc(-c7ccccc7)nc(-c7ccccc7)n6)c45)c4ccccc4-c4ccccc43)c2)cc1. The Kier molecular flexibility index (Phi) is 15.2. The Hall–Kier alpha value is -13.9. The Morgan fingerprint density at radius 2 is 0.556 bits per heavy atom. The van der Waals surface area contributed by atoms with Gasteiger partial charge in [0.15, 0.2) is 34.9 Å². The Morgan fingerprint density at radius 3 is 1.06 bits per heavy atom. The summed E-state index contributed by atoms with van der Waals surface area (Å²) in [5.74, 6) is 3.86. The van der Waals surface area contributed by atoms with Gasteiger partial charge in [-0.15, -0.1) is 0 Å². The normalized spacial score (nSPS) is 13.5. The first-order chi connectivity index (χ1) is 53.3. The zero-order valence-electron chi connectivity index (χ0n) is 59.4. The van der Waals surface area contributed by atoms with Gasteiger partial charge in [0, 0.05) is 49.6 Å². The van der Waals surface area contributed by atoms with Crippen LogP contribution in [-0.4, -0.2) is 29.9 Å². The molecule has 7 heteroatoms. The third-order valence-electron chi connectivity index (χ3n) is 22.5. The zero-order valence-corrected chi connectivity index (χ0v) is 59.4. The van der Waals surface area contributed by atoms with Crippen LogP contribution in [0.1, 0.15) is 69.5 Å². The summed E-state index contributed by atoms with van der Waals surface area (Å²) in [6.45, 7) is 4.71. The number of benzene rings is 15. The first kappa shape index (κ1) is 63.8. The fourth-order valence-corrected chi connectivity index (χ4v) is 17.6. The maximum atomic E-state index is 6.82. The topological polar surface area (TPSA) is 90.5 Å². The van der Waals surface area contributed by atoms with E-state index in [9.17, 15) is 0 Å². The Bertz CT molecular complexity index is 6310. The summed E-state index contributed by atoms with van der Waals surface area (Å²) in [7, 11) is 0. The van der Waals surface area contributed by atoms with E-state index in [4.69, 9.17) is 34.3 Å². The average molecular weight is 1380 g/mol. The van der Waals surface area contributed by atoms with Crippen molar-refractivity contribution in [3.63, 3.8) is 0 Å². The van der Waals surface area contributed by atoms with E-state index in [1.807, 2.05) is 109 Å². The molecule has 0 amide bonds. The van der Waals surface area contributed by atoms with Gasteiger partial charge in [-0.3, -0.25) is 0 Å². The molecule has 0 unspecified atom stereocenters. The molecule has 0 atom stereocenters. The molecule has 3 heterocycles. The van der Waals surface area contributed by atoms with E-state index in [0.29, 0.717) is 34.9 Å². The highest BCUT2D eigenvalue weighted by atomic mass is 16.3. The van der Waals surface area contributed by atoms with Crippen LogP contribution < -0.4 is 0 Å². The number of nitrogens with zero attached hydrogens (tertiary/aromatic N) is 6. The molecule has 0 aliphatic heterocycles. The van der Waals surface area contributed by atoms with Crippen molar-refractivity contribution in [1.29, 1.82) is 0 Å². The summed E-state index contributed by atoms with van der Waals surface area (Å²) in [5.41, 5.74) is 28.5. The molecule has 15 aromatic carbocycles. The van der Waals surface area contributed by atoms with Gasteiger partial charge >= 0.3 is 0 Å². The molecule has 18 aromatic rings. The molecule has 108 heavy (non-hydrogen) atoms. The van der Waals surface area contributed by atoms with E-state index < -0.39 is 10.8 Å². The van der Waals surface area contributed by atoms with Crippen LogP contribution in [0.5, 0.6) is 0 Å². The summed E-state index contributed by atoms with van der Waals surface area (Å²) in [6.07, 6.45) is 0. The summed E-state index contributed by atoms with van der Waals surface area (Å²) in [4.78, 5) is 30.4. The van der Waals surface area contributed by atoms with E-state index in [2.05, 4.69) is 281 Å². The van der Waals surface area contributed by atoms with E-state index in [-0.39, 0.29) is 5.41 Å². The van der Waals surface area contributed by atoms with Crippen molar-refractivity contribution in [2.75, 3.05) is 0 Å². The van der Waals surface area contributed by atoms with Crippen LogP contribution in [0.25, 0.3) is 135 Å². The largest absolute Gasteiger partial charge is 0.456 e. The molecular weight excluding hydrogens is 1310 g/mol. The van der Waals surface area contributed by atoms with Crippen LogP contribution in [0.2, 0.25) is 0 Å². The Labute approximate surface area is 627 Å². The lowest BCUT2D eigenvalue weighted by molar-refractivity contribution is 0.655. The molecule has 508 valence electrons. The van der Waals surface area contributed by atoms with Gasteiger partial charge in [-0.2, -0.15) is 0 Å². The quantitative estimate of drug-likeness (QED) is 0.127. The zero-order chi connectivity index (χ0) is 71.9. The lowest BCUT2D eigenvalue weighted by Crippen LogP contribution is -2.29. The van der Waals surface area contributed by atoms with Crippen LogP contribution in [-0.2, 0) is 16.2 Å². The van der Waals surface area contributed by atoms with Crippen molar-refractivity contribution >= 4 is 21.9 Å². The van der Waals surface area contributed by atoms with Crippen LogP contribution >= 0.6 is 0 Å². The lowest BCUT2D eigenvalue weighted by atomic mass is 9.66. The smallest absolute Gasteiger partial charge is 0.164 e. The van der Waals surface area contributed by atoms with E-state index in [1.54, 1.807) is 0 Å². The van der Waals surface area contributed by atoms with E-state index in [1.165, 1.54) is 94.6 Å². The van der Waals surface area contributed by atoms with Crippen molar-refractivity contribution < 1.29 is 4.42 Å². The fourth-order valence-electron chi connectivity index (χ4n) is 17.6. The second-order valence-electron chi connectivity index (χ2n) is 28.7. The number of rotatable bonds is 11. The lowest BCUT2D eigenvalue weighted by Gasteiger charge is -2.35. The maximum Gasteiger partial charge on any atom is 0.164 e. The third-order valence-corrected chi connectivity index (χ3v) is 22.5. The predicted octanol–water partition coefficient (Wildman–Crippen LogP) is 24.3. The monoisotopic (exact) mass is 1380 g/mol. The van der Waals surface area contributed by atoms with Gasteiger partial charge in [-0.1, -0.05) is 372 Å². The van der Waals surface area contributed by atoms with Gasteiger partial charge in [0.25, 0.3) is 0 Å². The third kappa shape index (κ3) is 10.2. The molecule has 0 radical (unpaired) electrons. The van der Waals surface area contributed by atoms with E-state index >= 15 is 0 Å². The molecule has 3 aliphatic carbocycles. The van der Waals surface area contributed by atoms with Crippen molar-refractivity contribution in [1.82, 2.24) is 29.9 Å². The number of fused-ring (bicyclic) bond motifs is 12. The van der Waals surface area contributed by atoms with Gasteiger partial charge < -0.3 is 4.42 Å². The molecule has 3 aliphatic rings. The van der Waals surface area contributed by atoms with Crippen molar-refractivity contribution in [3.05, 3.63) is 432 Å². The molecular formula is C101H68N6O. The highest BCUT2D eigenvalue weighted by molar-refractivity contribution is 6.12. The number of furan rings is 1. The van der Waals surface area contributed by atoms with Crippen LogP contribution in [0.15, 0.2) is 381 Å². The van der Waals surface area contributed by atoms with Gasteiger partial charge in [0.05, 0.1) is 10.8 Å². The van der Waals surface area contributed by atoms with Crippen molar-refractivity contribution in [2.24, 2.45) is 0 Å². The summed E-state index contributed by atoms with van der Waals surface area (Å²) in [5, 5.41) is 1.99. The van der Waals surface area contributed by atoms with Gasteiger partial charge in [-0.05, 0) is 118 Å². The second kappa shape index (κ2) is 25.8. The minimum absolute atomic E-state index is 0.260. The van der Waals surface area contributed by atoms with Crippen LogP contribution in [0, 0.1) is 0 Å². The number of aromatic nitrogens is 6. The highest BCUT2D eigenvalue weighted by Gasteiger charge is 2.49. The minimum Gasteiger partial charge on any atom is -0.456 e. The fraction of sp³-hybridized carbons (Fsp3) is 0.0495. The van der Waals surface area contributed by atoms with Gasteiger partial charge in [0.1, 0.15) is 11.2 Å². The molecule has 0 N–H and O–H groups in total. The van der Waals surface area contributed by atoms with E-state index in [0.717, 1.165) is 60.9 Å². The standard InChI is InChI=1S/C52H33N3O.C49H35N3/c1-4-16-34(17-5-1)37-22-14-23-38(32-37)52(44-27-12-10-24-40(44)41-25-11-13-28-45(41)52)39-30-31-42-47(33-39)56-46-29-15-26-43(48(42)46)51-54-49(35-18-6-2-7-19-35)53-50(55-51)36-20-8-3-9-21-36;1-48(2)42-28-16-25-39(47-51-45(32-17-6-3-7-18-32)50-46(52-47)33-19-8-4-9-20-33)44(42)38-30-29-35(31-43(38)48)49(34-21-10-5-11-22-34)40-26-14-12-23-36(40)37-24-13-15-27-41(37)49/h1-33H;3-31H,1-2H3. The molecule has 0 fully saturated rings. The molecule has 3 aromatic heterocycles. The summed E-state index contributed by atoms with van der Waals surface area (Å²) < 4.78 is 6.82. The number of hydrogen-bond acceptors (Lipinski definition) is 7. The summed E-state index contributed by atoms with van der Waals surface area (Å²) >= 11 is 0. The highest BCUT2D eigenvalue weighted by Crippen LogP contribution is 2.60. The molecule has 0 spiro atoms. The molecule has 0 saturated heterocycles. The summed E-state index contributed by atoms with van der Waals surface area (Å²) in [6, 6.07) is 134. The molecule has 7 nitrogen and oxygen atoms in total. The van der Waals surface area contributed by atoms with Gasteiger partial charge in [0.2, 0.25) is 0 Å². The first-order valence-electron chi connectivity index (χ1n) is 36.9. The second-order valence-corrected chi connectivity index (χ2v) is 28.7. The number of hydrogen-bond donors (Lipinski definition) is 0. The van der Waals surface area contributed by atoms with Gasteiger partial charge in [-0.25, -0.2) is 29.9 Å². The van der Waals surface area contributed by atoms with Crippen molar-refractivity contribution in [2.45, 2.75) is 30.1 Å². The Morgan fingerprint density at radius 1 is 0.213 bits per heavy atom. The average Bonchev–Trinajstić information content (AvgIpc) is 1.53. The Balaban J connectivity index is 0.000000143. The van der Waals surface area contributed by atoms with Crippen molar-refractivity contribution in [3.8, 4) is 113 Å². The molecule has 0 bridgehead atoms. The predicted molar refractivity (Wildman–Crippen MR) is 437 cm³/mol. The molecule has 21 rings (SSSR count). The van der Waals surface area contributed by atoms with Crippen LogP contribution in [0.4, 0.5) is 0 Å². The van der Waals surface area contributed by atoms with Crippen LogP contribution in [0.3, 0.4) is 0 Å². The first-order valence-corrected chi connectivity index (χ1v) is 36.9. The molecule has 0 saturated carbocycles. The maximum absolute atomic E-state index is 6.82.